The zero-order valence-electron chi connectivity index (χ0n) is 15.4. The molecule has 0 fully saturated rings. The molecule has 0 spiro atoms. The van der Waals surface area contributed by atoms with Crippen molar-refractivity contribution in [3.05, 3.63) is 37.0 Å². The lowest BCUT2D eigenvalue weighted by Crippen LogP contribution is -2.30. The van der Waals surface area contributed by atoms with E-state index in [9.17, 15) is 9.59 Å². The monoisotopic (exact) mass is 347 g/mol. The molecule has 130 valence electrons. The lowest BCUT2D eigenvalue weighted by Gasteiger charge is -2.16. The fraction of sp³-hybridized carbons (Fsp3) is 0.500. The van der Waals surface area contributed by atoms with Gasteiger partial charge in [-0.3, -0.25) is 14.7 Å². The van der Waals surface area contributed by atoms with Gasteiger partial charge in [0.2, 0.25) is 0 Å². The molecule has 0 aromatic carbocycles. The molecule has 0 aliphatic heterocycles. The quantitative estimate of drug-likeness (QED) is 0.899. The van der Waals surface area contributed by atoms with Gasteiger partial charge in [0.15, 0.2) is 5.78 Å². The summed E-state index contributed by atoms with van der Waals surface area (Å²) in [5.41, 5.74) is 1.22. The van der Waals surface area contributed by atoms with Crippen LogP contribution in [0.25, 0.3) is 12.2 Å². The summed E-state index contributed by atoms with van der Waals surface area (Å²) in [6.07, 6.45) is 5.13. The highest BCUT2D eigenvalue weighted by Crippen LogP contribution is 2.23. The fourth-order valence-electron chi connectivity index (χ4n) is 2.18. The maximum absolute atomic E-state index is 12.5. The molecule has 2 aromatic rings. The van der Waals surface area contributed by atoms with E-state index in [4.69, 9.17) is 0 Å². The van der Waals surface area contributed by atoms with Crippen LogP contribution in [-0.2, 0) is 17.3 Å². The smallest absolute Gasteiger partial charge is 0.268 e. The zero-order valence-corrected chi connectivity index (χ0v) is 16.2. The summed E-state index contributed by atoms with van der Waals surface area (Å²) in [5.74, 6) is 0.00425. The number of hydrogen-bond donors (Lipinski definition) is 1. The van der Waals surface area contributed by atoms with Crippen LogP contribution in [0.1, 0.15) is 52.8 Å². The standard InChI is InChI=1S/C18H25N3O2S/c1-17(2,3)13(22)9-14-21(7)16(23)12(24-14)8-11-10-19-20-15(11)18(4,5)6/h8-10H,1-7H3,(H,19,20)/b12-8+,14-9?. The van der Waals surface area contributed by atoms with Gasteiger partial charge in [0.25, 0.3) is 5.56 Å². The van der Waals surface area contributed by atoms with E-state index in [2.05, 4.69) is 31.0 Å². The number of thiazole rings is 1. The molecule has 0 aliphatic rings. The Balaban J connectivity index is 2.62. The van der Waals surface area contributed by atoms with Crippen LogP contribution in [-0.4, -0.2) is 20.5 Å². The summed E-state index contributed by atoms with van der Waals surface area (Å²) >= 11 is 1.32. The molecular weight excluding hydrogens is 322 g/mol. The summed E-state index contributed by atoms with van der Waals surface area (Å²) < 4.78 is 2.78. The second kappa shape index (κ2) is 6.16. The van der Waals surface area contributed by atoms with Crippen molar-refractivity contribution in [1.82, 2.24) is 14.8 Å². The van der Waals surface area contributed by atoms with Crippen LogP contribution in [0, 0.1) is 5.41 Å². The highest BCUT2D eigenvalue weighted by molar-refractivity contribution is 7.07. The number of H-pyrrole nitrogens is 1. The van der Waals surface area contributed by atoms with Crippen molar-refractivity contribution in [2.45, 2.75) is 47.0 Å². The van der Waals surface area contributed by atoms with Crippen LogP contribution in [0.15, 0.2) is 11.0 Å². The Morgan fingerprint density at radius 2 is 1.88 bits per heavy atom. The molecule has 0 saturated heterocycles. The van der Waals surface area contributed by atoms with Gasteiger partial charge in [-0.25, -0.2) is 0 Å². The largest absolute Gasteiger partial charge is 0.302 e. The molecular formula is C18H25N3O2S. The summed E-state index contributed by atoms with van der Waals surface area (Å²) in [4.78, 5) is 24.7. The van der Waals surface area contributed by atoms with Gasteiger partial charge in [0.1, 0.15) is 4.66 Å². The van der Waals surface area contributed by atoms with Crippen molar-refractivity contribution < 1.29 is 4.79 Å². The average Bonchev–Trinajstić information content (AvgIpc) is 2.99. The van der Waals surface area contributed by atoms with Crippen LogP contribution in [0.3, 0.4) is 0 Å². The van der Waals surface area contributed by atoms with Gasteiger partial charge in [0, 0.05) is 35.2 Å². The number of nitrogens with zero attached hydrogens (tertiary/aromatic N) is 2. The lowest BCUT2D eigenvalue weighted by molar-refractivity contribution is -0.120. The van der Waals surface area contributed by atoms with Crippen molar-refractivity contribution in [3.8, 4) is 0 Å². The van der Waals surface area contributed by atoms with Crippen molar-refractivity contribution in [2.75, 3.05) is 0 Å². The second-order valence-corrected chi connectivity index (χ2v) is 9.08. The van der Waals surface area contributed by atoms with Gasteiger partial charge in [0.05, 0.1) is 10.7 Å². The minimum atomic E-state index is -0.464. The third-order valence-corrected chi connectivity index (χ3v) is 4.87. The van der Waals surface area contributed by atoms with Crippen molar-refractivity contribution in [1.29, 1.82) is 0 Å². The number of aromatic nitrogens is 3. The van der Waals surface area contributed by atoms with Gasteiger partial charge in [-0.15, -0.1) is 11.3 Å². The molecule has 0 saturated carbocycles. The van der Waals surface area contributed by atoms with E-state index in [-0.39, 0.29) is 16.8 Å². The first-order valence-corrected chi connectivity index (χ1v) is 8.70. The highest BCUT2D eigenvalue weighted by atomic mass is 32.1. The zero-order chi connectivity index (χ0) is 18.3. The highest BCUT2D eigenvalue weighted by Gasteiger charge is 2.20. The normalized spacial score (nSPS) is 14.5. The molecule has 6 heteroatoms. The maximum Gasteiger partial charge on any atom is 0.268 e. The molecule has 2 rings (SSSR count). The predicted molar refractivity (Wildman–Crippen MR) is 98.6 cm³/mol. The summed E-state index contributed by atoms with van der Waals surface area (Å²) in [5, 5.41) is 7.11. The molecule has 24 heavy (non-hydrogen) atoms. The molecule has 0 radical (unpaired) electrons. The average molecular weight is 347 g/mol. The number of rotatable bonds is 2. The Morgan fingerprint density at radius 3 is 2.42 bits per heavy atom. The Kier molecular flexibility index (Phi) is 4.72. The van der Waals surface area contributed by atoms with E-state index in [1.807, 2.05) is 26.8 Å². The molecule has 0 unspecified atom stereocenters. The fourth-order valence-corrected chi connectivity index (χ4v) is 3.20. The lowest BCUT2D eigenvalue weighted by atomic mass is 9.89. The van der Waals surface area contributed by atoms with Crippen molar-refractivity contribution in [3.63, 3.8) is 0 Å². The van der Waals surface area contributed by atoms with E-state index >= 15 is 0 Å². The molecule has 0 aliphatic carbocycles. The number of carbonyl (C=O) groups is 1. The SMILES string of the molecule is Cn1c(=CC(=O)C(C)(C)C)s/c(=C/c2cn[nH]c2C(C)(C)C)c1=O. The van der Waals surface area contributed by atoms with Crippen LogP contribution >= 0.6 is 11.3 Å². The van der Waals surface area contributed by atoms with Crippen LogP contribution in [0.2, 0.25) is 0 Å². The van der Waals surface area contributed by atoms with Gasteiger partial charge >= 0.3 is 0 Å². The van der Waals surface area contributed by atoms with Gasteiger partial charge in [-0.1, -0.05) is 41.5 Å². The Labute approximate surface area is 145 Å². The number of Topliss-reactive ketones (excluding diaryl/α,β-unsaturated/α-hetero) is 1. The first-order chi connectivity index (χ1) is 10.9. The number of nitrogens with one attached hydrogen (secondary N) is 1. The molecule has 2 aromatic heterocycles. The van der Waals surface area contributed by atoms with Gasteiger partial charge < -0.3 is 4.57 Å². The maximum atomic E-state index is 12.5. The Bertz CT molecular complexity index is 931. The number of ketones is 1. The minimum absolute atomic E-state index is 0.00425. The number of aromatic amines is 1. The molecule has 0 bridgehead atoms. The summed E-state index contributed by atoms with van der Waals surface area (Å²) in [6.45, 7) is 11.9. The first-order valence-electron chi connectivity index (χ1n) is 7.89. The van der Waals surface area contributed by atoms with Gasteiger partial charge in [-0.05, 0) is 6.08 Å². The van der Waals surface area contributed by atoms with E-state index in [0.29, 0.717) is 9.20 Å². The predicted octanol–water partition coefficient (Wildman–Crippen LogP) is 1.69. The molecule has 5 nitrogen and oxygen atoms in total. The third kappa shape index (κ3) is 3.75. The van der Waals surface area contributed by atoms with Crippen LogP contribution in [0.5, 0.6) is 0 Å². The topological polar surface area (TPSA) is 67.8 Å². The third-order valence-electron chi connectivity index (χ3n) is 3.76. The molecule has 0 atom stereocenters. The first kappa shape index (κ1) is 18.4. The molecule has 0 amide bonds. The van der Waals surface area contributed by atoms with Crippen LogP contribution < -0.4 is 14.8 Å². The minimum Gasteiger partial charge on any atom is -0.302 e. The molecule has 1 N–H and O–H groups in total. The van der Waals surface area contributed by atoms with E-state index in [1.54, 1.807) is 19.3 Å². The van der Waals surface area contributed by atoms with Crippen LogP contribution in [0.4, 0.5) is 0 Å². The van der Waals surface area contributed by atoms with Crippen molar-refractivity contribution >= 4 is 29.3 Å². The Hall–Kier alpha value is -1.95. The molecule has 2 heterocycles. The number of carbonyl (C=O) groups excluding carboxylic acids is 1. The number of hydrogen-bond acceptors (Lipinski definition) is 4. The van der Waals surface area contributed by atoms with E-state index in [0.717, 1.165) is 11.3 Å². The van der Waals surface area contributed by atoms with Gasteiger partial charge in [-0.2, -0.15) is 5.10 Å². The van der Waals surface area contributed by atoms with E-state index < -0.39 is 5.41 Å². The Morgan fingerprint density at radius 1 is 1.25 bits per heavy atom. The van der Waals surface area contributed by atoms with Crippen molar-refractivity contribution in [2.24, 2.45) is 12.5 Å². The second-order valence-electron chi connectivity index (χ2n) is 8.02. The summed E-state index contributed by atoms with van der Waals surface area (Å²) in [7, 11) is 1.69. The van der Waals surface area contributed by atoms with E-state index in [1.165, 1.54) is 15.9 Å². The summed E-state index contributed by atoms with van der Waals surface area (Å²) in [6, 6.07) is 0.